The van der Waals surface area contributed by atoms with Gasteiger partial charge in [-0.25, -0.2) is 0 Å². The summed E-state index contributed by atoms with van der Waals surface area (Å²) in [5.74, 6) is 0.647. The Labute approximate surface area is 124 Å². The van der Waals surface area contributed by atoms with E-state index in [0.717, 1.165) is 25.7 Å². The summed E-state index contributed by atoms with van der Waals surface area (Å²) >= 11 is 5.86. The lowest BCUT2D eigenvalue weighted by Gasteiger charge is -2.29. The van der Waals surface area contributed by atoms with Crippen LogP contribution in [-0.2, 0) is 0 Å². The van der Waals surface area contributed by atoms with Crippen LogP contribution in [-0.4, -0.2) is 41.6 Å². The highest BCUT2D eigenvalue weighted by atomic mass is 35.5. The van der Waals surface area contributed by atoms with Crippen LogP contribution in [0.25, 0.3) is 0 Å². The molecule has 0 bridgehead atoms. The van der Waals surface area contributed by atoms with Gasteiger partial charge >= 0.3 is 0 Å². The molecule has 0 aliphatic heterocycles. The Morgan fingerprint density at radius 2 is 2.15 bits per heavy atom. The highest BCUT2D eigenvalue weighted by Crippen LogP contribution is 2.19. The number of hydrogen-bond donors (Lipinski definition) is 3. The van der Waals surface area contributed by atoms with Crippen molar-refractivity contribution in [2.45, 2.75) is 43.9 Å². The first-order chi connectivity index (χ1) is 9.65. The van der Waals surface area contributed by atoms with Crippen LogP contribution in [0.5, 0.6) is 5.75 Å². The summed E-state index contributed by atoms with van der Waals surface area (Å²) < 4.78 is 5.48. The average molecular weight is 300 g/mol. The van der Waals surface area contributed by atoms with Crippen molar-refractivity contribution in [2.24, 2.45) is 0 Å². The first-order valence-corrected chi connectivity index (χ1v) is 7.51. The van der Waals surface area contributed by atoms with Crippen LogP contribution in [0.2, 0.25) is 5.02 Å². The van der Waals surface area contributed by atoms with Gasteiger partial charge in [0.25, 0.3) is 0 Å². The predicted octanol–water partition coefficient (Wildman–Crippen LogP) is 1.97. The molecule has 1 aromatic rings. The molecule has 1 aliphatic carbocycles. The third kappa shape index (κ3) is 4.94. The van der Waals surface area contributed by atoms with E-state index in [1.54, 1.807) is 24.3 Å². The lowest BCUT2D eigenvalue weighted by Crippen LogP contribution is -2.45. The number of aliphatic hydroxyl groups is 2. The second-order valence-corrected chi connectivity index (χ2v) is 5.73. The van der Waals surface area contributed by atoms with Crippen LogP contribution < -0.4 is 10.1 Å². The van der Waals surface area contributed by atoms with E-state index in [-0.39, 0.29) is 18.8 Å². The number of halogens is 1. The van der Waals surface area contributed by atoms with E-state index in [1.807, 2.05) is 0 Å². The zero-order chi connectivity index (χ0) is 14.4. The van der Waals surface area contributed by atoms with E-state index >= 15 is 0 Å². The van der Waals surface area contributed by atoms with Gasteiger partial charge in [-0.1, -0.05) is 30.5 Å². The van der Waals surface area contributed by atoms with Crippen LogP contribution in [0.15, 0.2) is 24.3 Å². The third-order valence-corrected chi connectivity index (χ3v) is 3.82. The van der Waals surface area contributed by atoms with Crippen LogP contribution >= 0.6 is 11.6 Å². The summed E-state index contributed by atoms with van der Waals surface area (Å²) in [7, 11) is 0. The Hall–Kier alpha value is -0.810. The molecule has 3 atom stereocenters. The maximum absolute atomic E-state index is 9.89. The minimum Gasteiger partial charge on any atom is -0.491 e. The molecular weight excluding hydrogens is 278 g/mol. The highest BCUT2D eigenvalue weighted by molar-refractivity contribution is 6.30. The zero-order valence-corrected chi connectivity index (χ0v) is 12.2. The van der Waals surface area contributed by atoms with Crippen molar-refractivity contribution in [3.63, 3.8) is 0 Å². The van der Waals surface area contributed by atoms with Gasteiger partial charge in [0.05, 0.1) is 6.10 Å². The molecule has 1 aromatic carbocycles. The van der Waals surface area contributed by atoms with E-state index in [9.17, 15) is 10.2 Å². The monoisotopic (exact) mass is 299 g/mol. The normalized spacial score (nSPS) is 24.4. The summed E-state index contributed by atoms with van der Waals surface area (Å²) in [6.45, 7) is 0.623. The Bertz CT molecular complexity index is 416. The molecule has 0 amide bonds. The molecule has 1 fully saturated rings. The summed E-state index contributed by atoms with van der Waals surface area (Å²) in [5, 5.41) is 23.5. The van der Waals surface area contributed by atoms with Gasteiger partial charge in [0.15, 0.2) is 0 Å². The maximum Gasteiger partial charge on any atom is 0.120 e. The average Bonchev–Trinajstić information content (AvgIpc) is 2.44. The van der Waals surface area contributed by atoms with Gasteiger partial charge in [-0.2, -0.15) is 0 Å². The fourth-order valence-electron chi connectivity index (χ4n) is 2.44. The van der Waals surface area contributed by atoms with E-state index in [4.69, 9.17) is 16.3 Å². The van der Waals surface area contributed by atoms with E-state index in [2.05, 4.69) is 5.32 Å². The third-order valence-electron chi connectivity index (χ3n) is 3.58. The fraction of sp³-hybridized carbons (Fsp3) is 0.600. The Morgan fingerprint density at radius 1 is 1.35 bits per heavy atom. The van der Waals surface area contributed by atoms with Crippen LogP contribution in [0.1, 0.15) is 25.7 Å². The summed E-state index contributed by atoms with van der Waals surface area (Å²) in [5.41, 5.74) is 0. The summed E-state index contributed by atoms with van der Waals surface area (Å²) in [6, 6.07) is 7.19. The fourth-order valence-corrected chi connectivity index (χ4v) is 2.63. The van der Waals surface area contributed by atoms with Gasteiger partial charge in [0, 0.05) is 17.6 Å². The number of aliphatic hydroxyl groups excluding tert-OH is 2. The molecule has 0 spiro atoms. The first kappa shape index (κ1) is 15.6. The first-order valence-electron chi connectivity index (χ1n) is 7.13. The maximum atomic E-state index is 9.89. The zero-order valence-electron chi connectivity index (χ0n) is 11.5. The van der Waals surface area contributed by atoms with E-state index in [0.29, 0.717) is 17.3 Å². The van der Waals surface area contributed by atoms with E-state index in [1.165, 1.54) is 0 Å². The molecule has 5 heteroatoms. The topological polar surface area (TPSA) is 61.7 Å². The van der Waals surface area contributed by atoms with Crippen molar-refractivity contribution in [1.29, 1.82) is 0 Å². The van der Waals surface area contributed by atoms with Crippen molar-refractivity contribution in [2.75, 3.05) is 13.2 Å². The molecule has 20 heavy (non-hydrogen) atoms. The summed E-state index contributed by atoms with van der Waals surface area (Å²) in [4.78, 5) is 0. The SMILES string of the molecule is OC(CNC1CCCCC1O)COc1cccc(Cl)c1. The molecule has 0 saturated heterocycles. The number of rotatable bonds is 6. The van der Waals surface area contributed by atoms with Gasteiger partial charge in [-0.05, 0) is 31.0 Å². The van der Waals surface area contributed by atoms with Gasteiger partial charge in [-0.15, -0.1) is 0 Å². The van der Waals surface area contributed by atoms with Crippen molar-refractivity contribution in [3.05, 3.63) is 29.3 Å². The van der Waals surface area contributed by atoms with Crippen molar-refractivity contribution in [3.8, 4) is 5.75 Å². The summed E-state index contributed by atoms with van der Waals surface area (Å²) in [6.07, 6.45) is 3.10. The number of benzene rings is 1. The number of ether oxygens (including phenoxy) is 1. The quantitative estimate of drug-likeness (QED) is 0.751. The van der Waals surface area contributed by atoms with Crippen molar-refractivity contribution in [1.82, 2.24) is 5.32 Å². The van der Waals surface area contributed by atoms with Crippen LogP contribution in [0.3, 0.4) is 0 Å². The molecule has 3 unspecified atom stereocenters. The largest absolute Gasteiger partial charge is 0.491 e. The Kier molecular flexibility index (Phi) is 6.10. The van der Waals surface area contributed by atoms with Crippen molar-refractivity contribution < 1.29 is 14.9 Å². The second-order valence-electron chi connectivity index (χ2n) is 5.29. The van der Waals surface area contributed by atoms with E-state index < -0.39 is 6.10 Å². The van der Waals surface area contributed by atoms with Crippen molar-refractivity contribution >= 4 is 11.6 Å². The number of nitrogens with one attached hydrogen (secondary N) is 1. The Morgan fingerprint density at radius 3 is 2.90 bits per heavy atom. The Balaban J connectivity index is 1.68. The standard InChI is InChI=1S/C15H22ClNO3/c16-11-4-3-5-13(8-11)20-10-12(18)9-17-14-6-1-2-7-15(14)19/h3-5,8,12,14-15,17-19H,1-2,6-7,9-10H2. The lowest BCUT2D eigenvalue weighted by molar-refractivity contribution is 0.0673. The molecule has 0 radical (unpaired) electrons. The van der Waals surface area contributed by atoms with Crippen LogP contribution in [0, 0.1) is 0 Å². The molecule has 3 N–H and O–H groups in total. The van der Waals surface area contributed by atoms with Gasteiger partial charge < -0.3 is 20.3 Å². The molecule has 0 heterocycles. The molecule has 0 aromatic heterocycles. The lowest BCUT2D eigenvalue weighted by atomic mass is 9.92. The number of hydrogen-bond acceptors (Lipinski definition) is 4. The molecule has 2 rings (SSSR count). The minimum absolute atomic E-state index is 0.0876. The van der Waals surface area contributed by atoms with Gasteiger partial charge in [0.1, 0.15) is 18.5 Å². The molecule has 1 saturated carbocycles. The van der Waals surface area contributed by atoms with Crippen LogP contribution in [0.4, 0.5) is 0 Å². The molecule has 4 nitrogen and oxygen atoms in total. The minimum atomic E-state index is -0.608. The molecule has 112 valence electrons. The second kappa shape index (κ2) is 7.84. The smallest absolute Gasteiger partial charge is 0.120 e. The molecule has 1 aliphatic rings. The molecular formula is C15H22ClNO3. The predicted molar refractivity (Wildman–Crippen MR) is 79.2 cm³/mol. The highest BCUT2D eigenvalue weighted by Gasteiger charge is 2.23. The van der Waals surface area contributed by atoms with Gasteiger partial charge in [0.2, 0.25) is 0 Å². The van der Waals surface area contributed by atoms with Gasteiger partial charge in [-0.3, -0.25) is 0 Å².